The van der Waals surface area contributed by atoms with E-state index in [-0.39, 0.29) is 23.8 Å². The van der Waals surface area contributed by atoms with Crippen molar-refractivity contribution in [2.24, 2.45) is 5.92 Å². The Balaban J connectivity index is 2.06. The van der Waals surface area contributed by atoms with Gasteiger partial charge in [0, 0.05) is 18.9 Å². The minimum Gasteiger partial charge on any atom is -0.329 e. The van der Waals surface area contributed by atoms with Gasteiger partial charge in [-0.1, -0.05) is 38.7 Å². The van der Waals surface area contributed by atoms with Crippen molar-refractivity contribution in [1.82, 2.24) is 4.90 Å². The fourth-order valence-electron chi connectivity index (χ4n) is 3.99. The molecule has 2 aliphatic heterocycles. The number of unbranched alkanes of at least 4 members (excludes halogenated alkanes) is 3. The smallest absolute Gasteiger partial charge is 0.223 e. The van der Waals surface area contributed by atoms with Crippen LogP contribution in [-0.4, -0.2) is 28.7 Å². The molecule has 21 heavy (non-hydrogen) atoms. The molecule has 0 spiro atoms. The van der Waals surface area contributed by atoms with Gasteiger partial charge < -0.3 is 4.90 Å². The zero-order valence-electron chi connectivity index (χ0n) is 13.4. The van der Waals surface area contributed by atoms with Crippen LogP contribution in [0.5, 0.6) is 0 Å². The summed E-state index contributed by atoms with van der Waals surface area (Å²) < 4.78 is 0. The van der Waals surface area contributed by atoms with Gasteiger partial charge >= 0.3 is 0 Å². The quantitative estimate of drug-likeness (QED) is 0.527. The van der Waals surface area contributed by atoms with Crippen LogP contribution in [0.3, 0.4) is 0 Å². The van der Waals surface area contributed by atoms with Gasteiger partial charge in [0.25, 0.3) is 0 Å². The molecule has 1 unspecified atom stereocenters. The number of carbonyl (C=O) groups is 2. The molecule has 3 atom stereocenters. The van der Waals surface area contributed by atoms with Crippen LogP contribution in [0.2, 0.25) is 0 Å². The van der Waals surface area contributed by atoms with Crippen molar-refractivity contribution in [3.63, 3.8) is 0 Å². The molecule has 0 bridgehead atoms. The maximum absolute atomic E-state index is 12.5. The molecular weight excluding hydrogens is 262 g/mol. The minimum atomic E-state index is -0.158. The van der Waals surface area contributed by atoms with Crippen molar-refractivity contribution in [2.75, 3.05) is 0 Å². The summed E-state index contributed by atoms with van der Waals surface area (Å²) in [7, 11) is 0. The topological polar surface area (TPSA) is 37.4 Å². The molecular formula is C18H29NO2. The average Bonchev–Trinajstić information content (AvgIpc) is 2.69. The molecule has 2 fully saturated rings. The van der Waals surface area contributed by atoms with Gasteiger partial charge in [0.15, 0.2) is 5.78 Å². The SMILES string of the molecule is C=CC[C@H]1CCCC(=O)N2C(CCCCCC)CC(=O)[C@H]12. The van der Waals surface area contributed by atoms with E-state index >= 15 is 0 Å². The largest absolute Gasteiger partial charge is 0.329 e. The van der Waals surface area contributed by atoms with E-state index in [1.807, 2.05) is 11.0 Å². The second kappa shape index (κ2) is 7.77. The Bertz CT molecular complexity index is 391. The van der Waals surface area contributed by atoms with Crippen molar-refractivity contribution < 1.29 is 9.59 Å². The highest BCUT2D eigenvalue weighted by Crippen LogP contribution is 2.36. The van der Waals surface area contributed by atoms with Crippen LogP contribution in [0, 0.1) is 5.92 Å². The van der Waals surface area contributed by atoms with Gasteiger partial charge in [-0.2, -0.15) is 0 Å². The van der Waals surface area contributed by atoms with Crippen molar-refractivity contribution in [3.05, 3.63) is 12.7 Å². The Hall–Kier alpha value is -1.12. The molecule has 1 amide bonds. The molecule has 2 saturated heterocycles. The number of hydrogen-bond acceptors (Lipinski definition) is 2. The Labute approximate surface area is 128 Å². The maximum atomic E-state index is 12.5. The van der Waals surface area contributed by atoms with Crippen LogP contribution >= 0.6 is 0 Å². The van der Waals surface area contributed by atoms with Crippen LogP contribution in [0.4, 0.5) is 0 Å². The van der Waals surface area contributed by atoms with Crippen LogP contribution in [0.15, 0.2) is 12.7 Å². The maximum Gasteiger partial charge on any atom is 0.223 e. The van der Waals surface area contributed by atoms with E-state index in [0.29, 0.717) is 18.8 Å². The van der Waals surface area contributed by atoms with Crippen LogP contribution < -0.4 is 0 Å². The summed E-state index contributed by atoms with van der Waals surface area (Å²) in [6.45, 7) is 6.02. The van der Waals surface area contributed by atoms with Gasteiger partial charge in [-0.25, -0.2) is 0 Å². The molecule has 0 aromatic heterocycles. The van der Waals surface area contributed by atoms with E-state index < -0.39 is 0 Å². The van der Waals surface area contributed by atoms with E-state index in [9.17, 15) is 9.59 Å². The number of fused-ring (bicyclic) bond motifs is 1. The standard InChI is InChI=1S/C18H29NO2/c1-3-5-6-7-11-15-13-16(20)18-14(9-4-2)10-8-12-17(21)19(15)18/h4,14-15,18H,2-3,5-13H2,1H3/t14-,15?,18-/m0/s1. The first-order chi connectivity index (χ1) is 10.2. The van der Waals surface area contributed by atoms with Gasteiger partial charge in [0.05, 0.1) is 6.04 Å². The van der Waals surface area contributed by atoms with Gasteiger partial charge in [0.2, 0.25) is 5.91 Å². The lowest BCUT2D eigenvalue weighted by Gasteiger charge is -2.31. The summed E-state index contributed by atoms with van der Waals surface area (Å²) >= 11 is 0. The summed E-state index contributed by atoms with van der Waals surface area (Å²) in [6, 6.07) is 0.00597. The molecule has 0 radical (unpaired) electrons. The first-order valence-electron chi connectivity index (χ1n) is 8.63. The van der Waals surface area contributed by atoms with Crippen molar-refractivity contribution in [1.29, 1.82) is 0 Å². The first-order valence-corrected chi connectivity index (χ1v) is 8.63. The zero-order chi connectivity index (χ0) is 15.2. The molecule has 0 saturated carbocycles. The second-order valence-electron chi connectivity index (χ2n) is 6.60. The lowest BCUT2D eigenvalue weighted by atomic mass is 9.90. The summed E-state index contributed by atoms with van der Waals surface area (Å²) in [5.41, 5.74) is 0. The highest BCUT2D eigenvalue weighted by molar-refractivity contribution is 5.93. The average molecular weight is 291 g/mol. The zero-order valence-corrected chi connectivity index (χ0v) is 13.4. The summed E-state index contributed by atoms with van der Waals surface area (Å²) in [5, 5.41) is 0. The number of hydrogen-bond donors (Lipinski definition) is 0. The fraction of sp³-hybridized carbons (Fsp3) is 0.778. The van der Waals surface area contributed by atoms with Crippen LogP contribution in [0.25, 0.3) is 0 Å². The Kier molecular flexibility index (Phi) is 6.01. The van der Waals surface area contributed by atoms with Gasteiger partial charge in [-0.3, -0.25) is 9.59 Å². The highest BCUT2D eigenvalue weighted by atomic mass is 16.2. The molecule has 0 aromatic carbocycles. The van der Waals surface area contributed by atoms with Gasteiger partial charge in [0.1, 0.15) is 0 Å². The lowest BCUT2D eigenvalue weighted by Crippen LogP contribution is -2.44. The second-order valence-corrected chi connectivity index (χ2v) is 6.60. The molecule has 118 valence electrons. The van der Waals surface area contributed by atoms with Crippen LogP contribution in [-0.2, 0) is 9.59 Å². The predicted molar refractivity (Wildman–Crippen MR) is 85.0 cm³/mol. The van der Waals surface area contributed by atoms with Crippen molar-refractivity contribution in [2.45, 2.75) is 83.2 Å². The van der Waals surface area contributed by atoms with Crippen molar-refractivity contribution >= 4 is 11.7 Å². The lowest BCUT2D eigenvalue weighted by molar-refractivity contribution is -0.136. The van der Waals surface area contributed by atoms with E-state index in [1.54, 1.807) is 0 Å². The van der Waals surface area contributed by atoms with E-state index in [2.05, 4.69) is 13.5 Å². The summed E-state index contributed by atoms with van der Waals surface area (Å²) in [5.74, 6) is 0.789. The normalized spacial score (nSPS) is 29.4. The minimum absolute atomic E-state index is 0.158. The molecule has 0 N–H and O–H groups in total. The number of ketones is 1. The third kappa shape index (κ3) is 3.75. The molecule has 3 heteroatoms. The van der Waals surface area contributed by atoms with E-state index in [0.717, 1.165) is 32.1 Å². The molecule has 0 aliphatic carbocycles. The monoisotopic (exact) mass is 291 g/mol. The van der Waals surface area contributed by atoms with E-state index in [4.69, 9.17) is 0 Å². The fourth-order valence-corrected chi connectivity index (χ4v) is 3.99. The molecule has 2 aliphatic rings. The molecule has 3 nitrogen and oxygen atoms in total. The number of nitrogens with zero attached hydrogens (tertiary/aromatic N) is 1. The van der Waals surface area contributed by atoms with Gasteiger partial charge in [-0.15, -0.1) is 6.58 Å². The summed E-state index contributed by atoms with van der Waals surface area (Å²) in [6.07, 6.45) is 11.6. The number of Topliss-reactive ketones (excluding diaryl/α,β-unsaturated/α-hetero) is 1. The van der Waals surface area contributed by atoms with Gasteiger partial charge in [-0.05, 0) is 31.6 Å². The Morgan fingerprint density at radius 1 is 1.29 bits per heavy atom. The number of amides is 1. The first kappa shape index (κ1) is 16.3. The number of rotatable bonds is 7. The van der Waals surface area contributed by atoms with Crippen molar-refractivity contribution in [3.8, 4) is 0 Å². The Morgan fingerprint density at radius 3 is 2.81 bits per heavy atom. The van der Waals surface area contributed by atoms with E-state index in [1.165, 1.54) is 19.3 Å². The molecule has 2 heterocycles. The third-order valence-electron chi connectivity index (χ3n) is 5.02. The number of carbonyl (C=O) groups excluding carboxylic acids is 2. The highest BCUT2D eigenvalue weighted by Gasteiger charge is 2.46. The summed E-state index contributed by atoms with van der Waals surface area (Å²) in [4.78, 5) is 26.9. The predicted octanol–water partition coefficient (Wildman–Crippen LogP) is 3.87. The Morgan fingerprint density at radius 2 is 2.10 bits per heavy atom. The van der Waals surface area contributed by atoms with Crippen LogP contribution in [0.1, 0.15) is 71.1 Å². The molecule has 2 rings (SSSR count). The molecule has 0 aromatic rings. The number of allylic oxidation sites excluding steroid dienone is 1. The third-order valence-corrected chi connectivity index (χ3v) is 5.02.